The first kappa shape index (κ1) is 11.8. The lowest BCUT2D eigenvalue weighted by Crippen LogP contribution is -2.16. The Hall–Kier alpha value is -1.72. The fourth-order valence-corrected chi connectivity index (χ4v) is 2.06. The van der Waals surface area contributed by atoms with E-state index in [1.807, 2.05) is 29.6 Å². The molecule has 4 nitrogen and oxygen atoms in total. The van der Waals surface area contributed by atoms with Gasteiger partial charge in [-0.25, -0.2) is 4.98 Å². The van der Waals surface area contributed by atoms with Gasteiger partial charge in [-0.1, -0.05) is 18.2 Å². The summed E-state index contributed by atoms with van der Waals surface area (Å²) < 4.78 is 0. The molecule has 0 aliphatic carbocycles. The molecule has 0 unspecified atom stereocenters. The fourth-order valence-electron chi connectivity index (χ4n) is 1.50. The second-order valence-corrected chi connectivity index (χ2v) is 4.28. The van der Waals surface area contributed by atoms with E-state index in [2.05, 4.69) is 10.3 Å². The predicted molar refractivity (Wildman–Crippen MR) is 68.8 cm³/mol. The first-order chi connectivity index (χ1) is 8.29. The molecular weight excluding hydrogens is 234 g/mol. The Morgan fingerprint density at radius 2 is 2.24 bits per heavy atom. The second-order valence-electron chi connectivity index (χ2n) is 3.57. The maximum absolute atomic E-state index is 11.8. The number of rotatable bonds is 4. The molecule has 0 fully saturated rings. The number of carbonyl (C=O) groups excluding carboxylic acids is 1. The number of nitrogens with one attached hydrogen (secondary N) is 1. The van der Waals surface area contributed by atoms with Crippen LogP contribution in [0.3, 0.4) is 0 Å². The quantitative estimate of drug-likeness (QED) is 0.865. The van der Waals surface area contributed by atoms with E-state index in [1.165, 1.54) is 11.3 Å². The van der Waals surface area contributed by atoms with E-state index in [0.29, 0.717) is 13.0 Å². The van der Waals surface area contributed by atoms with Gasteiger partial charge in [0.05, 0.1) is 17.6 Å². The maximum Gasteiger partial charge on any atom is 0.230 e. The van der Waals surface area contributed by atoms with Gasteiger partial charge in [-0.05, 0) is 11.6 Å². The van der Waals surface area contributed by atoms with Crippen molar-refractivity contribution in [1.29, 1.82) is 0 Å². The molecule has 0 atom stereocenters. The van der Waals surface area contributed by atoms with Crippen molar-refractivity contribution in [3.05, 3.63) is 46.4 Å². The minimum absolute atomic E-state index is 0.0724. The van der Waals surface area contributed by atoms with E-state index in [1.54, 1.807) is 5.51 Å². The fraction of sp³-hybridized carbons (Fsp3) is 0.167. The minimum atomic E-state index is -0.0724. The third-order valence-corrected chi connectivity index (χ3v) is 2.97. The van der Waals surface area contributed by atoms with E-state index in [0.717, 1.165) is 16.9 Å². The molecular formula is C12H13N3OS. The van der Waals surface area contributed by atoms with Crippen LogP contribution in [0.25, 0.3) is 0 Å². The third kappa shape index (κ3) is 3.12. The van der Waals surface area contributed by atoms with Crippen molar-refractivity contribution >= 4 is 22.9 Å². The Kier molecular flexibility index (Phi) is 3.85. The number of nitrogens with two attached hydrogens (primary N) is 1. The summed E-state index contributed by atoms with van der Waals surface area (Å²) in [7, 11) is 0. The number of thiazole rings is 1. The lowest BCUT2D eigenvalue weighted by molar-refractivity contribution is -0.115. The summed E-state index contributed by atoms with van der Waals surface area (Å²) in [6, 6.07) is 7.52. The minimum Gasteiger partial charge on any atom is -0.326 e. The topological polar surface area (TPSA) is 68.0 Å². The monoisotopic (exact) mass is 247 g/mol. The highest BCUT2D eigenvalue weighted by molar-refractivity contribution is 7.07. The van der Waals surface area contributed by atoms with Crippen molar-refractivity contribution in [3.8, 4) is 0 Å². The number of nitrogens with zero attached hydrogens (tertiary/aromatic N) is 1. The molecule has 0 saturated heterocycles. The van der Waals surface area contributed by atoms with Crippen LogP contribution in [-0.2, 0) is 17.8 Å². The van der Waals surface area contributed by atoms with Crippen LogP contribution in [0.2, 0.25) is 0 Å². The van der Waals surface area contributed by atoms with Crippen molar-refractivity contribution in [2.24, 2.45) is 5.73 Å². The summed E-state index contributed by atoms with van der Waals surface area (Å²) in [5.74, 6) is -0.0724. The molecule has 2 rings (SSSR count). The van der Waals surface area contributed by atoms with Crippen molar-refractivity contribution in [2.75, 3.05) is 5.32 Å². The Morgan fingerprint density at radius 1 is 1.41 bits per heavy atom. The van der Waals surface area contributed by atoms with E-state index < -0.39 is 0 Å². The van der Waals surface area contributed by atoms with Gasteiger partial charge in [0.2, 0.25) is 5.91 Å². The van der Waals surface area contributed by atoms with Gasteiger partial charge >= 0.3 is 0 Å². The summed E-state index contributed by atoms with van der Waals surface area (Å²) in [6.45, 7) is 0.410. The highest BCUT2D eigenvalue weighted by Crippen LogP contribution is 2.14. The van der Waals surface area contributed by atoms with Gasteiger partial charge in [0.15, 0.2) is 0 Å². The zero-order valence-electron chi connectivity index (χ0n) is 9.22. The summed E-state index contributed by atoms with van der Waals surface area (Å²) >= 11 is 1.48. The van der Waals surface area contributed by atoms with Crippen molar-refractivity contribution in [1.82, 2.24) is 4.98 Å². The second kappa shape index (κ2) is 5.56. The van der Waals surface area contributed by atoms with E-state index in [-0.39, 0.29) is 5.91 Å². The summed E-state index contributed by atoms with van der Waals surface area (Å²) in [5, 5.41) is 4.71. The first-order valence-corrected chi connectivity index (χ1v) is 6.19. The molecule has 0 radical (unpaired) electrons. The normalized spacial score (nSPS) is 10.2. The first-order valence-electron chi connectivity index (χ1n) is 5.24. The molecule has 0 spiro atoms. The van der Waals surface area contributed by atoms with Crippen molar-refractivity contribution < 1.29 is 4.79 Å². The highest BCUT2D eigenvalue weighted by Gasteiger charge is 2.07. The van der Waals surface area contributed by atoms with Crippen LogP contribution in [0.15, 0.2) is 35.2 Å². The number of carbonyl (C=O) groups is 1. The lowest BCUT2D eigenvalue weighted by atomic mass is 10.1. The zero-order chi connectivity index (χ0) is 12.1. The van der Waals surface area contributed by atoms with E-state index in [9.17, 15) is 4.79 Å². The van der Waals surface area contributed by atoms with Gasteiger partial charge in [0.25, 0.3) is 0 Å². The molecule has 1 amide bonds. The average molecular weight is 247 g/mol. The van der Waals surface area contributed by atoms with Crippen LogP contribution in [0, 0.1) is 0 Å². The number of hydrogen-bond acceptors (Lipinski definition) is 4. The van der Waals surface area contributed by atoms with E-state index >= 15 is 0 Å². The lowest BCUT2D eigenvalue weighted by Gasteiger charge is -2.08. The maximum atomic E-state index is 11.8. The zero-order valence-corrected chi connectivity index (χ0v) is 10.0. The number of hydrogen-bond donors (Lipinski definition) is 2. The Bertz CT molecular complexity index is 496. The number of para-hydroxylation sites is 1. The SMILES string of the molecule is NCc1ccccc1NC(=O)Cc1cscn1. The van der Waals surface area contributed by atoms with Crippen LogP contribution in [0.4, 0.5) is 5.69 Å². The predicted octanol–water partition coefficient (Wildman–Crippen LogP) is 1.78. The van der Waals surface area contributed by atoms with Crippen molar-refractivity contribution in [2.45, 2.75) is 13.0 Å². The van der Waals surface area contributed by atoms with Gasteiger partial charge < -0.3 is 11.1 Å². The molecule has 0 aliphatic rings. The molecule has 88 valence electrons. The summed E-state index contributed by atoms with van der Waals surface area (Å²) in [4.78, 5) is 15.8. The van der Waals surface area contributed by atoms with Crippen LogP contribution < -0.4 is 11.1 Å². The van der Waals surface area contributed by atoms with Crippen molar-refractivity contribution in [3.63, 3.8) is 0 Å². The molecule has 1 aromatic carbocycles. The third-order valence-electron chi connectivity index (χ3n) is 2.34. The average Bonchev–Trinajstić information content (AvgIpc) is 2.82. The molecule has 0 saturated carbocycles. The summed E-state index contributed by atoms with van der Waals surface area (Å²) in [5.41, 5.74) is 9.81. The molecule has 0 bridgehead atoms. The van der Waals surface area contributed by atoms with Crippen LogP contribution >= 0.6 is 11.3 Å². The van der Waals surface area contributed by atoms with Gasteiger partial charge in [0.1, 0.15) is 0 Å². The molecule has 2 aromatic rings. The summed E-state index contributed by atoms with van der Waals surface area (Å²) in [6.07, 6.45) is 0.294. The molecule has 1 heterocycles. The Labute approximate surface area is 103 Å². The van der Waals surface area contributed by atoms with Gasteiger partial charge in [-0.3, -0.25) is 4.79 Å². The van der Waals surface area contributed by atoms with Crippen LogP contribution in [0.5, 0.6) is 0 Å². The number of anilines is 1. The number of amides is 1. The number of aromatic nitrogens is 1. The van der Waals surface area contributed by atoms with Gasteiger partial charge in [-0.2, -0.15) is 0 Å². The van der Waals surface area contributed by atoms with Gasteiger partial charge in [0, 0.05) is 17.6 Å². The molecule has 17 heavy (non-hydrogen) atoms. The highest BCUT2D eigenvalue weighted by atomic mass is 32.1. The van der Waals surface area contributed by atoms with E-state index in [4.69, 9.17) is 5.73 Å². The van der Waals surface area contributed by atoms with Crippen LogP contribution in [-0.4, -0.2) is 10.9 Å². The molecule has 3 N–H and O–H groups in total. The Balaban J connectivity index is 2.03. The molecule has 1 aromatic heterocycles. The smallest absolute Gasteiger partial charge is 0.230 e. The number of benzene rings is 1. The molecule has 0 aliphatic heterocycles. The van der Waals surface area contributed by atoms with Gasteiger partial charge in [-0.15, -0.1) is 11.3 Å². The Morgan fingerprint density at radius 3 is 2.94 bits per heavy atom. The molecule has 5 heteroatoms. The standard InChI is InChI=1S/C12H13N3OS/c13-6-9-3-1-2-4-11(9)15-12(16)5-10-7-17-8-14-10/h1-4,7-8H,5-6,13H2,(H,15,16). The van der Waals surface area contributed by atoms with Crippen LogP contribution in [0.1, 0.15) is 11.3 Å². The largest absolute Gasteiger partial charge is 0.326 e.